The van der Waals surface area contributed by atoms with E-state index >= 15 is 0 Å². The Morgan fingerprint density at radius 1 is 1.14 bits per heavy atom. The monoisotopic (exact) mass is 359 g/mol. The molecule has 0 saturated carbocycles. The Bertz CT molecular complexity index is 708. The number of hydrogen-bond acceptors (Lipinski definition) is 5. The number of methoxy groups -OCH3 is 2. The smallest absolute Gasteiger partial charge is 0.169 e. The number of hydrazone groups is 1. The topological polar surface area (TPSA) is 55.7 Å². The van der Waals surface area contributed by atoms with E-state index in [2.05, 4.69) is 15.5 Å². The number of anilines is 1. The summed E-state index contributed by atoms with van der Waals surface area (Å²) < 4.78 is 10.5. The number of rotatable bonds is 5. The molecule has 1 aromatic carbocycles. The summed E-state index contributed by atoms with van der Waals surface area (Å²) in [5.74, 6) is 1.48. The maximum atomic E-state index is 6.00. The summed E-state index contributed by atoms with van der Waals surface area (Å²) in [6, 6.07) is 6.94. The maximum absolute atomic E-state index is 6.00. The van der Waals surface area contributed by atoms with Gasteiger partial charge in [-0.25, -0.2) is 4.98 Å². The average molecular weight is 361 g/mol. The molecule has 116 valence electrons. The van der Waals surface area contributed by atoms with Crippen molar-refractivity contribution in [3.8, 4) is 11.5 Å². The molecule has 2 rings (SSSR count). The molecule has 1 N–H and O–H groups in total. The highest BCUT2D eigenvalue weighted by Crippen LogP contribution is 2.30. The van der Waals surface area contributed by atoms with E-state index in [4.69, 9.17) is 44.3 Å². The van der Waals surface area contributed by atoms with E-state index in [0.717, 1.165) is 5.56 Å². The third-order valence-corrected chi connectivity index (χ3v) is 3.66. The van der Waals surface area contributed by atoms with Crippen LogP contribution in [0.2, 0.25) is 15.2 Å². The average Bonchev–Trinajstić information content (AvgIpc) is 2.51. The van der Waals surface area contributed by atoms with Gasteiger partial charge in [-0.2, -0.15) is 5.10 Å². The second-order valence-electron chi connectivity index (χ2n) is 4.04. The van der Waals surface area contributed by atoms with Gasteiger partial charge in [-0.15, -0.1) is 0 Å². The number of para-hydroxylation sites is 1. The van der Waals surface area contributed by atoms with Crippen molar-refractivity contribution in [1.82, 2.24) is 4.98 Å². The summed E-state index contributed by atoms with van der Waals surface area (Å²) in [5, 5.41) is 4.79. The molecule has 22 heavy (non-hydrogen) atoms. The first kappa shape index (κ1) is 16.7. The largest absolute Gasteiger partial charge is 0.493 e. The predicted octanol–water partition coefficient (Wildman–Crippen LogP) is 4.51. The molecule has 0 amide bonds. The molecule has 2 aromatic rings. The van der Waals surface area contributed by atoms with Gasteiger partial charge in [0.05, 0.1) is 30.5 Å². The van der Waals surface area contributed by atoms with Gasteiger partial charge in [0.25, 0.3) is 0 Å². The molecule has 5 nitrogen and oxygen atoms in total. The number of nitrogens with zero attached hydrogens (tertiary/aromatic N) is 2. The minimum absolute atomic E-state index is 0.141. The first-order valence-corrected chi connectivity index (χ1v) is 7.21. The normalized spacial score (nSPS) is 10.8. The molecular weight excluding hydrogens is 349 g/mol. The Labute approximate surface area is 142 Å². The Morgan fingerprint density at radius 2 is 1.91 bits per heavy atom. The van der Waals surface area contributed by atoms with Crippen molar-refractivity contribution >= 4 is 46.8 Å². The minimum Gasteiger partial charge on any atom is -0.493 e. The lowest BCUT2D eigenvalue weighted by atomic mass is 10.2. The number of ether oxygens (including phenoxy) is 2. The third-order valence-electron chi connectivity index (χ3n) is 2.69. The lowest BCUT2D eigenvalue weighted by molar-refractivity contribution is 0.354. The molecule has 0 aliphatic carbocycles. The molecule has 0 aliphatic heterocycles. The second kappa shape index (κ2) is 7.54. The Kier molecular flexibility index (Phi) is 5.71. The van der Waals surface area contributed by atoms with Crippen LogP contribution in [-0.2, 0) is 0 Å². The van der Waals surface area contributed by atoms with E-state index in [1.165, 1.54) is 6.07 Å². The van der Waals surface area contributed by atoms with Crippen molar-refractivity contribution in [2.75, 3.05) is 19.6 Å². The van der Waals surface area contributed by atoms with Gasteiger partial charge in [-0.05, 0) is 18.2 Å². The van der Waals surface area contributed by atoms with E-state index in [0.29, 0.717) is 22.3 Å². The van der Waals surface area contributed by atoms with Crippen LogP contribution in [0.25, 0.3) is 0 Å². The first-order valence-electron chi connectivity index (χ1n) is 6.08. The Balaban J connectivity index is 2.22. The SMILES string of the molecule is COc1cccc(C=NNc2nc(Cl)c(Cl)cc2Cl)c1OC. The molecule has 0 unspecified atom stereocenters. The highest BCUT2D eigenvalue weighted by molar-refractivity contribution is 6.42. The van der Waals surface area contributed by atoms with Crippen LogP contribution in [0.3, 0.4) is 0 Å². The summed E-state index contributed by atoms with van der Waals surface area (Å²) in [4.78, 5) is 4.00. The maximum Gasteiger partial charge on any atom is 0.169 e. The van der Waals surface area contributed by atoms with Crippen LogP contribution in [0.15, 0.2) is 29.4 Å². The summed E-state index contributed by atoms with van der Waals surface area (Å²) in [5.41, 5.74) is 3.43. The van der Waals surface area contributed by atoms with E-state index in [9.17, 15) is 0 Å². The zero-order valence-corrected chi connectivity index (χ0v) is 14.0. The Hall–Kier alpha value is -1.69. The van der Waals surface area contributed by atoms with Crippen LogP contribution >= 0.6 is 34.8 Å². The fraction of sp³-hybridized carbons (Fsp3) is 0.143. The molecule has 1 heterocycles. The van der Waals surface area contributed by atoms with Gasteiger partial charge >= 0.3 is 0 Å². The molecule has 0 radical (unpaired) electrons. The molecule has 0 bridgehead atoms. The van der Waals surface area contributed by atoms with Crippen LogP contribution in [0, 0.1) is 0 Å². The van der Waals surface area contributed by atoms with Gasteiger partial charge in [0.2, 0.25) is 0 Å². The lowest BCUT2D eigenvalue weighted by Gasteiger charge is -2.09. The van der Waals surface area contributed by atoms with Crippen LogP contribution in [0.1, 0.15) is 5.56 Å². The number of benzene rings is 1. The van der Waals surface area contributed by atoms with Gasteiger partial charge in [-0.1, -0.05) is 40.9 Å². The zero-order valence-electron chi connectivity index (χ0n) is 11.7. The second-order valence-corrected chi connectivity index (χ2v) is 5.22. The highest BCUT2D eigenvalue weighted by atomic mass is 35.5. The first-order chi connectivity index (χ1) is 10.6. The number of hydrogen-bond donors (Lipinski definition) is 1. The van der Waals surface area contributed by atoms with Crippen molar-refractivity contribution in [2.45, 2.75) is 0 Å². The summed E-state index contributed by atoms with van der Waals surface area (Å²) >= 11 is 17.7. The summed E-state index contributed by atoms with van der Waals surface area (Å²) in [6.45, 7) is 0. The molecule has 0 fully saturated rings. The van der Waals surface area contributed by atoms with Crippen molar-refractivity contribution in [1.29, 1.82) is 0 Å². The lowest BCUT2D eigenvalue weighted by Crippen LogP contribution is -1.98. The molecule has 1 aromatic heterocycles. The van der Waals surface area contributed by atoms with E-state index < -0.39 is 0 Å². The van der Waals surface area contributed by atoms with Crippen LogP contribution in [-0.4, -0.2) is 25.4 Å². The van der Waals surface area contributed by atoms with Crippen LogP contribution < -0.4 is 14.9 Å². The van der Waals surface area contributed by atoms with Gasteiger partial charge < -0.3 is 9.47 Å². The quantitative estimate of drug-likeness (QED) is 0.484. The molecule has 0 atom stereocenters. The molecule has 8 heteroatoms. The predicted molar refractivity (Wildman–Crippen MR) is 90.0 cm³/mol. The highest BCUT2D eigenvalue weighted by Gasteiger charge is 2.09. The van der Waals surface area contributed by atoms with Gasteiger partial charge in [-0.3, -0.25) is 5.43 Å². The number of nitrogens with one attached hydrogen (secondary N) is 1. The van der Waals surface area contributed by atoms with Crippen LogP contribution in [0.4, 0.5) is 5.82 Å². The molecule has 0 spiro atoms. The fourth-order valence-corrected chi connectivity index (χ4v) is 2.24. The van der Waals surface area contributed by atoms with Crippen molar-refractivity contribution in [3.05, 3.63) is 45.0 Å². The van der Waals surface area contributed by atoms with E-state index in [1.807, 2.05) is 12.1 Å². The van der Waals surface area contributed by atoms with E-state index in [1.54, 1.807) is 26.5 Å². The molecular formula is C14H12Cl3N3O2. The zero-order chi connectivity index (χ0) is 16.1. The summed E-state index contributed by atoms with van der Waals surface area (Å²) in [6.07, 6.45) is 1.56. The Morgan fingerprint density at radius 3 is 2.59 bits per heavy atom. The third kappa shape index (κ3) is 3.74. The summed E-state index contributed by atoms with van der Waals surface area (Å²) in [7, 11) is 3.12. The number of halogens is 3. The molecule has 0 saturated heterocycles. The van der Waals surface area contributed by atoms with E-state index in [-0.39, 0.29) is 10.2 Å². The van der Waals surface area contributed by atoms with Gasteiger partial charge in [0.15, 0.2) is 17.3 Å². The van der Waals surface area contributed by atoms with Crippen LogP contribution in [0.5, 0.6) is 11.5 Å². The van der Waals surface area contributed by atoms with Gasteiger partial charge in [0, 0.05) is 5.56 Å². The fourth-order valence-electron chi connectivity index (χ4n) is 1.70. The molecule has 0 aliphatic rings. The number of pyridine rings is 1. The number of aromatic nitrogens is 1. The minimum atomic E-state index is 0.141. The van der Waals surface area contributed by atoms with Gasteiger partial charge in [0.1, 0.15) is 5.15 Å². The van der Waals surface area contributed by atoms with Crippen molar-refractivity contribution < 1.29 is 9.47 Å². The standard InChI is InChI=1S/C14H12Cl3N3O2/c1-21-11-5-3-4-8(12(11)22-2)7-18-20-14-10(16)6-9(15)13(17)19-14/h3-7H,1-2H3,(H,19,20). The van der Waals surface area contributed by atoms with Crippen molar-refractivity contribution in [2.24, 2.45) is 5.10 Å². The van der Waals surface area contributed by atoms with Crippen molar-refractivity contribution in [3.63, 3.8) is 0 Å².